The molecule has 0 amide bonds. The van der Waals surface area contributed by atoms with Crippen LogP contribution in [0, 0.1) is 5.92 Å². The molecule has 1 fully saturated rings. The minimum absolute atomic E-state index is 0.267. The Labute approximate surface area is 118 Å². The van der Waals surface area contributed by atoms with Crippen molar-refractivity contribution >= 4 is 0 Å². The number of aliphatic hydroxyl groups is 1. The van der Waals surface area contributed by atoms with Crippen LogP contribution in [0.15, 0.2) is 34.9 Å². The van der Waals surface area contributed by atoms with Crippen LogP contribution in [-0.2, 0) is 6.54 Å². The van der Waals surface area contributed by atoms with Crippen molar-refractivity contribution in [2.75, 3.05) is 13.1 Å². The molecular formula is C15H19N3O2. The van der Waals surface area contributed by atoms with Gasteiger partial charge < -0.3 is 9.63 Å². The monoisotopic (exact) mass is 273 g/mol. The second kappa shape index (κ2) is 5.00. The van der Waals surface area contributed by atoms with E-state index in [4.69, 9.17) is 4.52 Å². The smallest absolute Gasteiger partial charge is 0.257 e. The molecule has 1 aliphatic rings. The van der Waals surface area contributed by atoms with Crippen molar-refractivity contribution in [3.05, 3.63) is 36.2 Å². The molecule has 0 aliphatic carbocycles. The van der Waals surface area contributed by atoms with Gasteiger partial charge in [0.2, 0.25) is 0 Å². The molecule has 0 spiro atoms. The Bertz CT molecular complexity index is 574. The molecule has 1 saturated heterocycles. The van der Waals surface area contributed by atoms with Crippen LogP contribution in [0.4, 0.5) is 0 Å². The second-order valence-electron chi connectivity index (χ2n) is 5.79. The Morgan fingerprint density at radius 1 is 1.30 bits per heavy atom. The van der Waals surface area contributed by atoms with Crippen LogP contribution in [-0.4, -0.2) is 38.8 Å². The Morgan fingerprint density at radius 3 is 2.65 bits per heavy atom. The first-order chi connectivity index (χ1) is 9.57. The predicted molar refractivity (Wildman–Crippen MR) is 74.8 cm³/mol. The lowest BCUT2D eigenvalue weighted by Gasteiger charge is -2.48. The lowest BCUT2D eigenvalue weighted by Crippen LogP contribution is -2.63. The molecule has 1 aromatic heterocycles. The lowest BCUT2D eigenvalue weighted by atomic mass is 9.83. The Hall–Kier alpha value is -1.72. The van der Waals surface area contributed by atoms with E-state index in [1.165, 1.54) is 0 Å². The van der Waals surface area contributed by atoms with Crippen molar-refractivity contribution < 1.29 is 9.63 Å². The van der Waals surface area contributed by atoms with Crippen molar-refractivity contribution in [1.82, 2.24) is 15.0 Å². The van der Waals surface area contributed by atoms with E-state index in [0.717, 1.165) is 5.56 Å². The molecule has 20 heavy (non-hydrogen) atoms. The summed E-state index contributed by atoms with van der Waals surface area (Å²) in [5, 5.41) is 14.2. The summed E-state index contributed by atoms with van der Waals surface area (Å²) in [6.07, 6.45) is 0. The zero-order valence-corrected chi connectivity index (χ0v) is 11.8. The highest BCUT2D eigenvalue weighted by atomic mass is 16.5. The molecule has 0 unspecified atom stereocenters. The summed E-state index contributed by atoms with van der Waals surface area (Å²) in [5.41, 5.74) is 0.361. The van der Waals surface area contributed by atoms with Gasteiger partial charge in [0.05, 0.1) is 12.1 Å². The summed E-state index contributed by atoms with van der Waals surface area (Å²) in [6.45, 7) is 6.03. The zero-order valence-electron chi connectivity index (χ0n) is 11.8. The number of hydrogen-bond donors (Lipinski definition) is 1. The normalized spacial score (nSPS) is 18.2. The van der Waals surface area contributed by atoms with Crippen LogP contribution in [0.3, 0.4) is 0 Å². The third kappa shape index (κ3) is 2.46. The first-order valence-corrected chi connectivity index (χ1v) is 6.89. The molecule has 0 bridgehead atoms. The Balaban J connectivity index is 1.62. The number of rotatable bonds is 4. The molecule has 1 aromatic carbocycles. The number of aromatic nitrogens is 2. The molecule has 0 radical (unpaired) electrons. The van der Waals surface area contributed by atoms with E-state index in [1.807, 2.05) is 44.2 Å². The van der Waals surface area contributed by atoms with Crippen molar-refractivity contribution in [3.63, 3.8) is 0 Å². The van der Waals surface area contributed by atoms with E-state index in [1.54, 1.807) is 0 Å². The number of β-amino-alcohol motifs (C(OH)–C–C–N with tert-alkyl or cyclic N) is 1. The fraction of sp³-hybridized carbons (Fsp3) is 0.467. The standard InChI is InChI=1S/C15H19N3O2/c1-11(2)15(19)9-18(10-15)8-13-16-14(20-17-13)12-6-4-3-5-7-12/h3-7,11,19H,8-10H2,1-2H3. The largest absolute Gasteiger partial charge is 0.387 e. The topological polar surface area (TPSA) is 62.4 Å². The molecule has 5 nitrogen and oxygen atoms in total. The third-order valence-electron chi connectivity index (χ3n) is 3.92. The summed E-state index contributed by atoms with van der Waals surface area (Å²) >= 11 is 0. The van der Waals surface area contributed by atoms with E-state index < -0.39 is 5.60 Å². The fourth-order valence-corrected chi connectivity index (χ4v) is 2.42. The predicted octanol–water partition coefficient (Wildman–Crippen LogP) is 1.94. The van der Waals surface area contributed by atoms with Gasteiger partial charge in [0.15, 0.2) is 5.82 Å². The van der Waals surface area contributed by atoms with Crippen molar-refractivity contribution in [2.45, 2.75) is 26.0 Å². The highest BCUT2D eigenvalue weighted by Crippen LogP contribution is 2.29. The van der Waals surface area contributed by atoms with Gasteiger partial charge in [-0.2, -0.15) is 4.98 Å². The first kappa shape index (κ1) is 13.3. The van der Waals surface area contributed by atoms with Gasteiger partial charge in [-0.05, 0) is 18.1 Å². The van der Waals surface area contributed by atoms with E-state index in [9.17, 15) is 5.11 Å². The fourth-order valence-electron chi connectivity index (χ4n) is 2.42. The van der Waals surface area contributed by atoms with Crippen LogP contribution in [0.5, 0.6) is 0 Å². The average molecular weight is 273 g/mol. The van der Waals surface area contributed by atoms with Gasteiger partial charge in [-0.25, -0.2) is 0 Å². The molecule has 5 heteroatoms. The maximum atomic E-state index is 10.2. The van der Waals surface area contributed by atoms with E-state index in [-0.39, 0.29) is 5.92 Å². The highest BCUT2D eigenvalue weighted by Gasteiger charge is 2.43. The van der Waals surface area contributed by atoms with Gasteiger partial charge in [-0.15, -0.1) is 0 Å². The molecule has 0 saturated carbocycles. The van der Waals surface area contributed by atoms with Gasteiger partial charge in [0, 0.05) is 18.7 Å². The second-order valence-corrected chi connectivity index (χ2v) is 5.79. The van der Waals surface area contributed by atoms with Crippen LogP contribution >= 0.6 is 0 Å². The van der Waals surface area contributed by atoms with E-state index in [0.29, 0.717) is 31.3 Å². The van der Waals surface area contributed by atoms with Crippen molar-refractivity contribution in [2.24, 2.45) is 5.92 Å². The minimum Gasteiger partial charge on any atom is -0.387 e. The van der Waals surface area contributed by atoms with E-state index in [2.05, 4.69) is 15.0 Å². The van der Waals surface area contributed by atoms with Gasteiger partial charge in [0.25, 0.3) is 5.89 Å². The summed E-state index contributed by atoms with van der Waals surface area (Å²) in [6, 6.07) is 9.72. The molecule has 0 atom stereocenters. The van der Waals surface area contributed by atoms with Crippen LogP contribution < -0.4 is 0 Å². The van der Waals surface area contributed by atoms with Crippen molar-refractivity contribution in [3.8, 4) is 11.5 Å². The average Bonchev–Trinajstić information content (AvgIpc) is 2.86. The van der Waals surface area contributed by atoms with Crippen LogP contribution in [0.25, 0.3) is 11.5 Å². The molecule has 1 aliphatic heterocycles. The first-order valence-electron chi connectivity index (χ1n) is 6.89. The SMILES string of the molecule is CC(C)C1(O)CN(Cc2noc(-c3ccccc3)n2)C1. The van der Waals surface area contributed by atoms with Crippen LogP contribution in [0.2, 0.25) is 0 Å². The molecule has 2 heterocycles. The highest BCUT2D eigenvalue weighted by molar-refractivity contribution is 5.51. The van der Waals surface area contributed by atoms with Gasteiger partial charge in [0.1, 0.15) is 0 Å². The number of benzene rings is 1. The summed E-state index contributed by atoms with van der Waals surface area (Å²) in [7, 11) is 0. The lowest BCUT2D eigenvalue weighted by molar-refractivity contribution is -0.131. The number of hydrogen-bond acceptors (Lipinski definition) is 5. The molecular weight excluding hydrogens is 254 g/mol. The maximum absolute atomic E-state index is 10.2. The number of nitrogens with zero attached hydrogens (tertiary/aromatic N) is 3. The van der Waals surface area contributed by atoms with E-state index >= 15 is 0 Å². The molecule has 2 aromatic rings. The van der Waals surface area contributed by atoms with Gasteiger partial charge in [-0.1, -0.05) is 37.2 Å². The summed E-state index contributed by atoms with van der Waals surface area (Å²) < 4.78 is 5.27. The molecule has 3 rings (SSSR count). The minimum atomic E-state index is -0.563. The van der Waals surface area contributed by atoms with Gasteiger partial charge >= 0.3 is 0 Å². The van der Waals surface area contributed by atoms with Crippen LogP contribution in [0.1, 0.15) is 19.7 Å². The van der Waals surface area contributed by atoms with Crippen molar-refractivity contribution in [1.29, 1.82) is 0 Å². The third-order valence-corrected chi connectivity index (χ3v) is 3.92. The molecule has 106 valence electrons. The number of likely N-dealkylation sites (tertiary alicyclic amines) is 1. The Morgan fingerprint density at radius 2 is 2.00 bits per heavy atom. The summed E-state index contributed by atoms with van der Waals surface area (Å²) in [4.78, 5) is 6.52. The maximum Gasteiger partial charge on any atom is 0.257 e. The zero-order chi connectivity index (χ0) is 14.2. The quantitative estimate of drug-likeness (QED) is 0.922. The van der Waals surface area contributed by atoms with Gasteiger partial charge in [-0.3, -0.25) is 4.90 Å². The molecule has 1 N–H and O–H groups in total. The summed E-state index contributed by atoms with van der Waals surface area (Å²) in [5.74, 6) is 1.47. The Kier molecular flexibility index (Phi) is 3.31.